The molecule has 3 aromatic rings. The second-order valence-corrected chi connectivity index (χ2v) is 11.1. The van der Waals surface area contributed by atoms with Crippen molar-refractivity contribution in [1.29, 1.82) is 0 Å². The van der Waals surface area contributed by atoms with E-state index in [0.29, 0.717) is 57.1 Å². The van der Waals surface area contributed by atoms with Crippen molar-refractivity contribution >= 4 is 23.4 Å². The predicted molar refractivity (Wildman–Crippen MR) is 158 cm³/mol. The first kappa shape index (κ1) is 27.6. The molecule has 218 valence electrons. The zero-order chi connectivity index (χ0) is 29.1. The number of para-hydroxylation sites is 1. The van der Waals surface area contributed by atoms with Crippen LogP contribution in [0.1, 0.15) is 43.2 Å². The Kier molecular flexibility index (Phi) is 7.73. The number of rotatable bonds is 8. The van der Waals surface area contributed by atoms with Gasteiger partial charge in [-0.05, 0) is 54.7 Å². The van der Waals surface area contributed by atoms with Gasteiger partial charge < -0.3 is 29.5 Å². The number of nitrogens with one attached hydrogen (secondary N) is 1. The van der Waals surface area contributed by atoms with Crippen LogP contribution in [0, 0.1) is 0 Å². The van der Waals surface area contributed by atoms with Crippen molar-refractivity contribution < 1.29 is 23.9 Å². The third-order valence-electron chi connectivity index (χ3n) is 8.65. The Morgan fingerprint density at radius 3 is 2.33 bits per heavy atom. The number of hydrogen-bond acceptors (Lipinski definition) is 6. The van der Waals surface area contributed by atoms with Crippen LogP contribution in [-0.4, -0.2) is 66.2 Å². The molecule has 3 aliphatic heterocycles. The Labute approximate surface area is 246 Å². The van der Waals surface area contributed by atoms with Crippen LogP contribution in [0.2, 0.25) is 0 Å². The van der Waals surface area contributed by atoms with E-state index in [2.05, 4.69) is 10.2 Å². The maximum absolute atomic E-state index is 14.1. The molecule has 42 heavy (non-hydrogen) atoms. The van der Waals surface area contributed by atoms with Gasteiger partial charge in [-0.15, -0.1) is 0 Å². The summed E-state index contributed by atoms with van der Waals surface area (Å²) in [5, 5.41) is 2.94. The molecule has 9 nitrogen and oxygen atoms in total. The van der Waals surface area contributed by atoms with Crippen molar-refractivity contribution in [3.05, 3.63) is 90.0 Å². The third kappa shape index (κ3) is 5.26. The summed E-state index contributed by atoms with van der Waals surface area (Å²) in [6.07, 6.45) is 1.73. The quantitative estimate of drug-likeness (QED) is 0.444. The number of hydrogen-bond donors (Lipinski definition) is 1. The summed E-state index contributed by atoms with van der Waals surface area (Å²) in [7, 11) is 0. The molecule has 2 saturated heterocycles. The van der Waals surface area contributed by atoms with Crippen molar-refractivity contribution in [3.63, 3.8) is 0 Å². The zero-order valence-electron chi connectivity index (χ0n) is 23.8. The van der Waals surface area contributed by atoms with E-state index in [9.17, 15) is 14.4 Å². The summed E-state index contributed by atoms with van der Waals surface area (Å²) < 4.78 is 10.8. The molecule has 1 spiro atoms. The van der Waals surface area contributed by atoms with Crippen molar-refractivity contribution in [2.75, 3.05) is 38.0 Å². The summed E-state index contributed by atoms with van der Waals surface area (Å²) in [6.45, 7) is 3.80. The number of amides is 3. The first-order chi connectivity index (χ1) is 20.5. The molecule has 0 saturated carbocycles. The molecule has 2 fully saturated rings. The standard InChI is InChI=1S/C33H36N4O5/c1-2-27(25-9-5-3-6-10-25)31(39)35-17-15-33(16-18-35)32(40)36(22-37(33)26-11-7-4-8-12-26)21-30(38)34-20-24-13-14-28-29(19-24)42-23-41-28/h3-14,19,27H,2,15-18,20-23H2,1H3,(H,34,38). The van der Waals surface area contributed by atoms with Crippen LogP contribution in [0.15, 0.2) is 78.9 Å². The highest BCUT2D eigenvalue weighted by Crippen LogP contribution is 2.40. The summed E-state index contributed by atoms with van der Waals surface area (Å²) in [5.74, 6) is 0.969. The van der Waals surface area contributed by atoms with E-state index < -0.39 is 5.54 Å². The number of fused-ring (bicyclic) bond motifs is 1. The highest BCUT2D eigenvalue weighted by atomic mass is 16.7. The number of anilines is 1. The van der Waals surface area contributed by atoms with E-state index in [1.165, 1.54) is 0 Å². The van der Waals surface area contributed by atoms with Gasteiger partial charge in [0, 0.05) is 25.3 Å². The monoisotopic (exact) mass is 568 g/mol. The first-order valence-corrected chi connectivity index (χ1v) is 14.6. The molecule has 0 aromatic heterocycles. The lowest BCUT2D eigenvalue weighted by atomic mass is 9.84. The number of nitrogens with zero attached hydrogens (tertiary/aromatic N) is 3. The summed E-state index contributed by atoms with van der Waals surface area (Å²) in [6, 6.07) is 25.3. The van der Waals surface area contributed by atoms with Crippen molar-refractivity contribution in [1.82, 2.24) is 15.1 Å². The zero-order valence-corrected chi connectivity index (χ0v) is 23.8. The van der Waals surface area contributed by atoms with Gasteiger partial charge in [0.25, 0.3) is 5.91 Å². The molecule has 0 bridgehead atoms. The molecule has 0 radical (unpaired) electrons. The Morgan fingerprint density at radius 2 is 1.62 bits per heavy atom. The summed E-state index contributed by atoms with van der Waals surface area (Å²) in [4.78, 5) is 46.3. The molecule has 3 aromatic carbocycles. The van der Waals surface area contributed by atoms with Gasteiger partial charge in [0.1, 0.15) is 12.1 Å². The fourth-order valence-corrected chi connectivity index (χ4v) is 6.36. The lowest BCUT2D eigenvalue weighted by Gasteiger charge is -2.44. The second-order valence-electron chi connectivity index (χ2n) is 11.1. The summed E-state index contributed by atoms with van der Waals surface area (Å²) in [5.41, 5.74) is 2.04. The van der Waals surface area contributed by atoms with Gasteiger partial charge in [0.2, 0.25) is 18.6 Å². The molecular formula is C33H36N4O5. The van der Waals surface area contributed by atoms with Crippen LogP contribution in [0.4, 0.5) is 5.69 Å². The minimum absolute atomic E-state index is 0.0387. The van der Waals surface area contributed by atoms with Crippen molar-refractivity contribution in [3.8, 4) is 11.5 Å². The number of likely N-dealkylation sites (tertiary alicyclic amines) is 1. The van der Waals surface area contributed by atoms with Crippen LogP contribution in [0.5, 0.6) is 11.5 Å². The van der Waals surface area contributed by atoms with E-state index in [1.807, 2.05) is 90.7 Å². The van der Waals surface area contributed by atoms with Crippen LogP contribution in [0.3, 0.4) is 0 Å². The van der Waals surface area contributed by atoms with Gasteiger partial charge >= 0.3 is 0 Å². The highest BCUT2D eigenvalue weighted by molar-refractivity contribution is 5.96. The fraction of sp³-hybridized carbons (Fsp3) is 0.364. The fourth-order valence-electron chi connectivity index (χ4n) is 6.36. The number of piperidine rings is 1. The van der Waals surface area contributed by atoms with Crippen LogP contribution < -0.4 is 19.7 Å². The Bertz CT molecular complexity index is 1440. The highest BCUT2D eigenvalue weighted by Gasteiger charge is 2.54. The molecule has 1 unspecified atom stereocenters. The van der Waals surface area contributed by atoms with Gasteiger partial charge in [-0.25, -0.2) is 0 Å². The minimum Gasteiger partial charge on any atom is -0.454 e. The molecule has 3 amide bonds. The predicted octanol–water partition coefficient (Wildman–Crippen LogP) is 3.89. The molecule has 3 aliphatic rings. The first-order valence-electron chi connectivity index (χ1n) is 14.6. The topological polar surface area (TPSA) is 91.4 Å². The average molecular weight is 569 g/mol. The van der Waals surface area contributed by atoms with Gasteiger partial charge in [-0.1, -0.05) is 61.5 Å². The lowest BCUT2D eigenvalue weighted by Crippen LogP contribution is -2.58. The van der Waals surface area contributed by atoms with Gasteiger partial charge in [-0.2, -0.15) is 0 Å². The molecular weight excluding hydrogens is 532 g/mol. The smallest absolute Gasteiger partial charge is 0.250 e. The summed E-state index contributed by atoms with van der Waals surface area (Å²) >= 11 is 0. The molecule has 6 rings (SSSR count). The van der Waals surface area contributed by atoms with Crippen LogP contribution >= 0.6 is 0 Å². The maximum Gasteiger partial charge on any atom is 0.250 e. The van der Waals surface area contributed by atoms with Gasteiger partial charge in [-0.3, -0.25) is 14.4 Å². The van der Waals surface area contributed by atoms with E-state index in [-0.39, 0.29) is 37.0 Å². The second kappa shape index (κ2) is 11.8. The Morgan fingerprint density at radius 1 is 0.929 bits per heavy atom. The SMILES string of the molecule is CCC(C(=O)N1CCC2(CC1)C(=O)N(CC(=O)NCc1ccc3c(c1)OCO3)CN2c1ccccc1)c1ccccc1. The number of carbonyl (C=O) groups excluding carboxylic acids is 3. The van der Waals surface area contributed by atoms with Gasteiger partial charge in [0.05, 0.1) is 12.6 Å². The minimum atomic E-state index is -0.801. The Balaban J connectivity index is 1.14. The largest absolute Gasteiger partial charge is 0.454 e. The van der Waals surface area contributed by atoms with E-state index in [4.69, 9.17) is 9.47 Å². The average Bonchev–Trinajstić information content (AvgIpc) is 3.60. The van der Waals surface area contributed by atoms with E-state index in [1.54, 1.807) is 4.90 Å². The number of carbonyl (C=O) groups is 3. The van der Waals surface area contributed by atoms with Crippen LogP contribution in [0.25, 0.3) is 0 Å². The van der Waals surface area contributed by atoms with Crippen molar-refractivity contribution in [2.45, 2.75) is 44.2 Å². The normalized spacial score (nSPS) is 17.9. The van der Waals surface area contributed by atoms with E-state index >= 15 is 0 Å². The van der Waals surface area contributed by atoms with Crippen molar-refractivity contribution in [2.24, 2.45) is 0 Å². The molecule has 1 atom stereocenters. The molecule has 1 N–H and O–H groups in total. The molecule has 9 heteroatoms. The maximum atomic E-state index is 14.1. The molecule has 0 aliphatic carbocycles. The third-order valence-corrected chi connectivity index (χ3v) is 8.65. The Hall–Kier alpha value is -4.53. The number of benzene rings is 3. The lowest BCUT2D eigenvalue weighted by molar-refractivity contribution is -0.140. The van der Waals surface area contributed by atoms with E-state index in [0.717, 1.165) is 16.8 Å². The number of ether oxygens (including phenoxy) is 2. The molecule has 3 heterocycles. The van der Waals surface area contributed by atoms with Crippen LogP contribution in [-0.2, 0) is 20.9 Å². The van der Waals surface area contributed by atoms with Gasteiger partial charge in [0.15, 0.2) is 11.5 Å².